The molecule has 1 amide bonds. The van der Waals surface area contributed by atoms with Crippen molar-refractivity contribution < 1.29 is 29.0 Å². The highest BCUT2D eigenvalue weighted by Gasteiger charge is 2.33. The second-order valence-electron chi connectivity index (χ2n) is 7.58. The molecule has 2 N–H and O–H groups in total. The van der Waals surface area contributed by atoms with Crippen LogP contribution in [-0.2, 0) is 19.1 Å². The molecule has 0 rings (SSSR count). The minimum Gasteiger partial charge on any atom is -0.481 e. The number of hydrogen-bond acceptors (Lipinski definition) is 5. The van der Waals surface area contributed by atoms with E-state index < -0.39 is 29.9 Å². The van der Waals surface area contributed by atoms with Crippen molar-refractivity contribution in [3.8, 4) is 0 Å². The van der Waals surface area contributed by atoms with E-state index in [0.717, 1.165) is 6.42 Å². The van der Waals surface area contributed by atoms with Crippen molar-refractivity contribution in [1.82, 2.24) is 5.32 Å². The summed E-state index contributed by atoms with van der Waals surface area (Å²) in [7, 11) is 0. The van der Waals surface area contributed by atoms with E-state index in [1.54, 1.807) is 34.6 Å². The van der Waals surface area contributed by atoms with Crippen LogP contribution in [0, 0.1) is 17.8 Å². The molecule has 0 aromatic rings. The Labute approximate surface area is 150 Å². The summed E-state index contributed by atoms with van der Waals surface area (Å²) < 4.78 is 10.4. The van der Waals surface area contributed by atoms with E-state index in [1.807, 2.05) is 13.8 Å². The number of carbonyl (C=O) groups is 3. The molecule has 25 heavy (non-hydrogen) atoms. The Bertz CT molecular complexity index is 462. The molecule has 7 heteroatoms. The molecular formula is C18H33NO6. The van der Waals surface area contributed by atoms with Gasteiger partial charge < -0.3 is 19.9 Å². The Morgan fingerprint density at radius 1 is 1.08 bits per heavy atom. The van der Waals surface area contributed by atoms with Gasteiger partial charge in [-0.15, -0.1) is 0 Å². The maximum absolute atomic E-state index is 12.3. The zero-order valence-electron chi connectivity index (χ0n) is 16.4. The molecule has 0 saturated carbocycles. The molecule has 146 valence electrons. The SMILES string of the molecule is CC[C@@H](C)C[C@@](C)(CC(=O)O)NC(=O)O[C@H](OC(=O)C(C)C)C(C)C. The molecule has 0 fully saturated rings. The van der Waals surface area contributed by atoms with Gasteiger partial charge in [0, 0.05) is 5.92 Å². The predicted octanol–water partition coefficient (Wildman–Crippen LogP) is 3.56. The van der Waals surface area contributed by atoms with E-state index in [0.29, 0.717) is 6.42 Å². The van der Waals surface area contributed by atoms with Gasteiger partial charge in [0.1, 0.15) is 0 Å². The molecule has 0 aliphatic heterocycles. The second-order valence-corrected chi connectivity index (χ2v) is 7.58. The Morgan fingerprint density at radius 2 is 1.64 bits per heavy atom. The lowest BCUT2D eigenvalue weighted by Gasteiger charge is -2.32. The summed E-state index contributed by atoms with van der Waals surface area (Å²) in [5, 5.41) is 11.8. The van der Waals surface area contributed by atoms with Crippen LogP contribution in [0.15, 0.2) is 0 Å². The van der Waals surface area contributed by atoms with Crippen LogP contribution in [0.25, 0.3) is 0 Å². The number of esters is 1. The lowest BCUT2D eigenvalue weighted by atomic mass is 9.86. The Balaban J connectivity index is 5.01. The van der Waals surface area contributed by atoms with Gasteiger partial charge in [-0.2, -0.15) is 0 Å². The van der Waals surface area contributed by atoms with Gasteiger partial charge in [-0.1, -0.05) is 48.0 Å². The number of rotatable bonds is 10. The van der Waals surface area contributed by atoms with E-state index in [9.17, 15) is 14.4 Å². The third-order valence-corrected chi connectivity index (χ3v) is 3.91. The van der Waals surface area contributed by atoms with Gasteiger partial charge in [0.05, 0.1) is 17.9 Å². The normalized spacial score (nSPS) is 16.0. The van der Waals surface area contributed by atoms with Crippen LogP contribution in [-0.4, -0.2) is 35.0 Å². The van der Waals surface area contributed by atoms with Crippen LogP contribution in [0.4, 0.5) is 4.79 Å². The summed E-state index contributed by atoms with van der Waals surface area (Å²) in [6.07, 6.45) is -0.657. The van der Waals surface area contributed by atoms with Gasteiger partial charge >= 0.3 is 18.0 Å². The van der Waals surface area contributed by atoms with Crippen molar-refractivity contribution in [2.24, 2.45) is 17.8 Å². The number of ether oxygens (including phenoxy) is 2. The molecule has 0 spiro atoms. The molecular weight excluding hydrogens is 326 g/mol. The Hall–Kier alpha value is -1.79. The zero-order valence-corrected chi connectivity index (χ0v) is 16.4. The standard InChI is InChI=1S/C18H33NO6/c1-8-13(6)9-18(7,10-14(20)21)19-17(23)25-16(12(4)5)24-15(22)11(2)3/h11-13,16H,8-10H2,1-7H3,(H,19,23)(H,20,21)/t13-,16+,18+/m1/s1. The first kappa shape index (κ1) is 23.2. The molecule has 7 nitrogen and oxygen atoms in total. The highest BCUT2D eigenvalue weighted by molar-refractivity contribution is 5.73. The highest BCUT2D eigenvalue weighted by Crippen LogP contribution is 2.23. The summed E-state index contributed by atoms with van der Waals surface area (Å²) >= 11 is 0. The molecule has 0 aliphatic carbocycles. The predicted molar refractivity (Wildman–Crippen MR) is 93.9 cm³/mol. The fourth-order valence-electron chi connectivity index (χ4n) is 2.34. The van der Waals surface area contributed by atoms with Crippen LogP contribution in [0.5, 0.6) is 0 Å². The van der Waals surface area contributed by atoms with Gasteiger partial charge in [-0.3, -0.25) is 9.59 Å². The molecule has 0 aliphatic rings. The van der Waals surface area contributed by atoms with Crippen molar-refractivity contribution >= 4 is 18.0 Å². The Morgan fingerprint density at radius 3 is 2.04 bits per heavy atom. The number of carbonyl (C=O) groups excluding carboxylic acids is 2. The quantitative estimate of drug-likeness (QED) is 0.457. The topological polar surface area (TPSA) is 102 Å². The monoisotopic (exact) mass is 359 g/mol. The van der Waals surface area contributed by atoms with Crippen LogP contribution in [0.3, 0.4) is 0 Å². The number of carboxylic acid groups (broad SMARTS) is 1. The molecule has 0 unspecified atom stereocenters. The smallest absolute Gasteiger partial charge is 0.410 e. The largest absolute Gasteiger partial charge is 0.481 e. The van der Waals surface area contributed by atoms with Gasteiger partial charge in [-0.05, 0) is 19.3 Å². The first-order chi connectivity index (χ1) is 11.4. The summed E-state index contributed by atoms with van der Waals surface area (Å²) in [6.45, 7) is 12.6. The number of hydrogen-bond donors (Lipinski definition) is 2. The molecule has 0 heterocycles. The lowest BCUT2D eigenvalue weighted by Crippen LogP contribution is -2.50. The third-order valence-electron chi connectivity index (χ3n) is 3.91. The first-order valence-corrected chi connectivity index (χ1v) is 8.81. The van der Waals surface area contributed by atoms with E-state index in [-0.39, 0.29) is 24.2 Å². The van der Waals surface area contributed by atoms with Gasteiger partial charge in [-0.25, -0.2) is 4.79 Å². The minimum atomic E-state index is -1.02. The van der Waals surface area contributed by atoms with Crippen LogP contribution >= 0.6 is 0 Å². The zero-order chi connectivity index (χ0) is 19.8. The fraction of sp³-hybridized carbons (Fsp3) is 0.833. The van der Waals surface area contributed by atoms with E-state index in [4.69, 9.17) is 14.6 Å². The van der Waals surface area contributed by atoms with Crippen molar-refractivity contribution in [1.29, 1.82) is 0 Å². The van der Waals surface area contributed by atoms with E-state index >= 15 is 0 Å². The van der Waals surface area contributed by atoms with E-state index in [1.165, 1.54) is 0 Å². The van der Waals surface area contributed by atoms with Gasteiger partial charge in [0.15, 0.2) is 0 Å². The summed E-state index contributed by atoms with van der Waals surface area (Å²) in [5.74, 6) is -1.79. The van der Waals surface area contributed by atoms with Crippen LogP contribution in [0.2, 0.25) is 0 Å². The molecule has 0 aromatic heterocycles. The van der Waals surface area contributed by atoms with Crippen molar-refractivity contribution in [2.45, 2.75) is 79.6 Å². The highest BCUT2D eigenvalue weighted by atomic mass is 16.7. The number of carboxylic acids is 1. The lowest BCUT2D eigenvalue weighted by molar-refractivity contribution is -0.178. The summed E-state index contributed by atoms with van der Waals surface area (Å²) in [6, 6.07) is 0. The molecule has 0 aromatic carbocycles. The average Bonchev–Trinajstić information content (AvgIpc) is 2.44. The van der Waals surface area contributed by atoms with Crippen LogP contribution in [0.1, 0.15) is 67.7 Å². The fourth-order valence-corrected chi connectivity index (χ4v) is 2.34. The molecule has 0 radical (unpaired) electrons. The minimum absolute atomic E-state index is 0.218. The van der Waals surface area contributed by atoms with Gasteiger partial charge in [0.25, 0.3) is 6.29 Å². The second kappa shape index (κ2) is 10.3. The van der Waals surface area contributed by atoms with Gasteiger partial charge in [0.2, 0.25) is 0 Å². The maximum Gasteiger partial charge on any atom is 0.410 e. The number of amides is 1. The number of nitrogens with one attached hydrogen (secondary N) is 1. The molecule has 3 atom stereocenters. The summed E-state index contributed by atoms with van der Waals surface area (Å²) in [5.41, 5.74) is -0.943. The van der Waals surface area contributed by atoms with E-state index in [2.05, 4.69) is 5.32 Å². The first-order valence-electron chi connectivity index (χ1n) is 8.81. The van der Waals surface area contributed by atoms with Crippen LogP contribution < -0.4 is 5.32 Å². The van der Waals surface area contributed by atoms with Crippen molar-refractivity contribution in [3.05, 3.63) is 0 Å². The average molecular weight is 359 g/mol. The third kappa shape index (κ3) is 9.31. The maximum atomic E-state index is 12.3. The number of aliphatic carboxylic acids is 1. The molecule has 0 saturated heterocycles. The number of alkyl carbamates (subject to hydrolysis) is 1. The molecule has 0 bridgehead atoms. The summed E-state index contributed by atoms with van der Waals surface area (Å²) in [4.78, 5) is 35.2. The Kier molecular flexibility index (Phi) is 9.52. The van der Waals surface area contributed by atoms with Crippen molar-refractivity contribution in [3.63, 3.8) is 0 Å². The van der Waals surface area contributed by atoms with Crippen molar-refractivity contribution in [2.75, 3.05) is 0 Å².